The molecule has 3 aliphatic rings. The molecule has 25 heavy (non-hydrogen) atoms. The summed E-state index contributed by atoms with van der Waals surface area (Å²) >= 11 is 0. The van der Waals surface area contributed by atoms with Gasteiger partial charge in [-0.25, -0.2) is 4.79 Å². The van der Waals surface area contributed by atoms with Crippen LogP contribution in [0.25, 0.3) is 16.9 Å². The van der Waals surface area contributed by atoms with Crippen LogP contribution >= 0.6 is 0 Å². The summed E-state index contributed by atoms with van der Waals surface area (Å²) in [4.78, 5) is 24.4. The first kappa shape index (κ1) is 15.6. The molecule has 0 saturated carbocycles. The van der Waals surface area contributed by atoms with Crippen LogP contribution in [0.3, 0.4) is 0 Å². The topological polar surface area (TPSA) is 86.4 Å². The Labute approximate surface area is 143 Å². The van der Waals surface area contributed by atoms with E-state index in [4.69, 9.17) is 4.74 Å². The summed E-state index contributed by atoms with van der Waals surface area (Å²) in [5.41, 5.74) is 0.782. The number of carboxylic acids is 1. The van der Waals surface area contributed by atoms with Crippen LogP contribution in [0, 0.1) is 0 Å². The quantitative estimate of drug-likeness (QED) is 0.786. The summed E-state index contributed by atoms with van der Waals surface area (Å²) in [6.07, 6.45) is 5.16. The molecule has 3 heterocycles. The monoisotopic (exact) mass is 339 g/mol. The van der Waals surface area contributed by atoms with Crippen molar-refractivity contribution in [1.29, 1.82) is 0 Å². The second kappa shape index (κ2) is 6.18. The van der Waals surface area contributed by atoms with Gasteiger partial charge in [0.2, 0.25) is 0 Å². The van der Waals surface area contributed by atoms with Gasteiger partial charge in [-0.2, -0.15) is 9.78 Å². The van der Waals surface area contributed by atoms with E-state index in [0.717, 1.165) is 19.4 Å². The fraction of sp³-hybridized carbons (Fsp3) is 0.278. The van der Waals surface area contributed by atoms with Crippen LogP contribution in [0.15, 0.2) is 47.5 Å². The minimum Gasteiger partial charge on any atom is -0.478 e. The maximum Gasteiger partial charge on any atom is 0.339 e. The van der Waals surface area contributed by atoms with Crippen LogP contribution in [-0.2, 0) is 11.3 Å². The van der Waals surface area contributed by atoms with Gasteiger partial charge in [0, 0.05) is 25.5 Å². The third-order valence-electron chi connectivity index (χ3n) is 4.39. The second-order valence-corrected chi connectivity index (χ2v) is 6.12. The van der Waals surface area contributed by atoms with Crippen molar-refractivity contribution in [3.05, 3.63) is 58.6 Å². The Balaban J connectivity index is 1.85. The van der Waals surface area contributed by atoms with E-state index in [1.165, 1.54) is 10.9 Å². The van der Waals surface area contributed by atoms with E-state index in [9.17, 15) is 14.7 Å². The molecule has 0 aliphatic carbocycles. The fourth-order valence-corrected chi connectivity index (χ4v) is 3.19. The summed E-state index contributed by atoms with van der Waals surface area (Å²) < 4.78 is 8.57. The number of rotatable bonds is 4. The minimum atomic E-state index is -1.11. The highest BCUT2D eigenvalue weighted by atomic mass is 16.5. The van der Waals surface area contributed by atoms with Crippen molar-refractivity contribution in [2.45, 2.75) is 25.5 Å². The highest BCUT2D eigenvalue weighted by molar-refractivity contribution is 5.94. The molecule has 1 unspecified atom stereocenters. The van der Waals surface area contributed by atoms with Crippen molar-refractivity contribution in [2.24, 2.45) is 0 Å². The molecule has 1 N–H and O–H groups in total. The first-order chi connectivity index (χ1) is 12.1. The Morgan fingerprint density at radius 3 is 2.76 bits per heavy atom. The van der Waals surface area contributed by atoms with E-state index in [-0.39, 0.29) is 22.9 Å². The zero-order valence-corrected chi connectivity index (χ0v) is 13.5. The van der Waals surface area contributed by atoms with Gasteiger partial charge in [-0.15, -0.1) is 0 Å². The Morgan fingerprint density at radius 2 is 2.08 bits per heavy atom. The van der Waals surface area contributed by atoms with Crippen molar-refractivity contribution in [1.82, 2.24) is 14.3 Å². The lowest BCUT2D eigenvalue weighted by Crippen LogP contribution is -2.19. The maximum absolute atomic E-state index is 12.8. The Bertz CT molecular complexity index is 939. The first-order valence-electron chi connectivity index (χ1n) is 8.16. The van der Waals surface area contributed by atoms with Crippen molar-refractivity contribution < 1.29 is 14.6 Å². The molecule has 0 radical (unpaired) electrons. The van der Waals surface area contributed by atoms with E-state index < -0.39 is 5.97 Å². The Kier molecular flexibility index (Phi) is 3.85. The molecule has 0 bridgehead atoms. The third kappa shape index (κ3) is 2.83. The van der Waals surface area contributed by atoms with Crippen molar-refractivity contribution in [2.75, 3.05) is 6.61 Å². The molecule has 7 nitrogen and oxygen atoms in total. The van der Waals surface area contributed by atoms with Gasteiger partial charge >= 0.3 is 5.97 Å². The number of aromatic carboxylic acids is 1. The number of pyridine rings is 1. The van der Waals surface area contributed by atoms with Crippen LogP contribution in [0.5, 0.6) is 0 Å². The predicted octanol–water partition coefficient (Wildman–Crippen LogP) is 2.02. The highest BCUT2D eigenvalue weighted by Gasteiger charge is 2.25. The number of hydrogen-bond donors (Lipinski definition) is 1. The van der Waals surface area contributed by atoms with Gasteiger partial charge in [-0.3, -0.25) is 4.79 Å². The minimum absolute atomic E-state index is 0.0160. The van der Waals surface area contributed by atoms with E-state index in [1.807, 2.05) is 6.07 Å². The number of hydrogen-bond acceptors (Lipinski definition) is 4. The number of carbonyl (C=O) groups is 1. The number of para-hydroxylation sites is 1. The summed E-state index contributed by atoms with van der Waals surface area (Å²) in [5.74, 6) is -1.11. The lowest BCUT2D eigenvalue weighted by atomic mass is 10.1. The first-order valence-corrected chi connectivity index (χ1v) is 8.16. The number of carboxylic acid groups (broad SMARTS) is 1. The van der Waals surface area contributed by atoms with Crippen LogP contribution in [-0.4, -0.2) is 38.1 Å². The number of ether oxygens (including phenoxy) is 1. The number of nitrogens with zero attached hydrogens (tertiary/aromatic N) is 3. The number of fused-ring (bicyclic) bond motifs is 1. The van der Waals surface area contributed by atoms with Crippen LogP contribution in [0.4, 0.5) is 0 Å². The van der Waals surface area contributed by atoms with Crippen molar-refractivity contribution in [3.8, 4) is 16.9 Å². The molecule has 1 atom stereocenters. The SMILES string of the molecule is O=C(O)c1cn(CC2CCCO2)cc2c(=O)n(-c3ccccc3)nc1-2. The summed E-state index contributed by atoms with van der Waals surface area (Å²) in [6.45, 7) is 1.24. The zero-order valence-electron chi connectivity index (χ0n) is 13.5. The molecule has 1 aromatic carbocycles. The van der Waals surface area contributed by atoms with Gasteiger partial charge in [-0.05, 0) is 25.0 Å². The predicted molar refractivity (Wildman–Crippen MR) is 90.4 cm³/mol. The van der Waals surface area contributed by atoms with E-state index in [2.05, 4.69) is 5.10 Å². The molecule has 4 rings (SSSR count). The second-order valence-electron chi connectivity index (χ2n) is 6.12. The molecule has 128 valence electrons. The molecule has 1 aromatic rings. The average molecular weight is 339 g/mol. The number of benzene rings is 1. The normalized spacial score (nSPS) is 17.2. The average Bonchev–Trinajstić information content (AvgIpc) is 3.24. The van der Waals surface area contributed by atoms with Gasteiger partial charge in [-0.1, -0.05) is 18.2 Å². The Hall–Kier alpha value is -2.93. The van der Waals surface area contributed by atoms with Gasteiger partial charge in [0.1, 0.15) is 11.3 Å². The number of aromatic nitrogens is 3. The molecule has 0 amide bonds. The fourth-order valence-electron chi connectivity index (χ4n) is 3.19. The van der Waals surface area contributed by atoms with Crippen molar-refractivity contribution >= 4 is 5.97 Å². The van der Waals surface area contributed by atoms with Crippen LogP contribution in [0.2, 0.25) is 0 Å². The van der Waals surface area contributed by atoms with Gasteiger partial charge in [0.25, 0.3) is 5.56 Å². The molecule has 1 fully saturated rings. The molecule has 3 aliphatic heterocycles. The smallest absolute Gasteiger partial charge is 0.339 e. The van der Waals surface area contributed by atoms with Gasteiger partial charge in [0.05, 0.1) is 17.4 Å². The third-order valence-corrected chi connectivity index (χ3v) is 4.39. The van der Waals surface area contributed by atoms with Gasteiger partial charge < -0.3 is 14.4 Å². The summed E-state index contributed by atoms with van der Waals surface area (Å²) in [5, 5.41) is 13.8. The van der Waals surface area contributed by atoms with E-state index >= 15 is 0 Å². The zero-order chi connectivity index (χ0) is 17.4. The molecule has 7 heteroatoms. The summed E-state index contributed by atoms with van der Waals surface area (Å²) in [7, 11) is 0. The molecular formula is C18H17N3O4. The lowest BCUT2D eigenvalue weighted by Gasteiger charge is -2.14. The molecule has 0 spiro atoms. The van der Waals surface area contributed by atoms with E-state index in [1.54, 1.807) is 35.0 Å². The standard InChI is InChI=1S/C18H17N3O4/c22-17-14-10-20(9-13-7-4-8-25-13)11-15(18(23)24)16(14)19-21(17)12-5-2-1-3-6-12/h1-3,5-6,10-11,13H,4,7-9H2,(H,23,24). The van der Waals surface area contributed by atoms with Crippen LogP contribution in [0.1, 0.15) is 23.2 Å². The molecule has 0 aromatic heterocycles. The van der Waals surface area contributed by atoms with Crippen LogP contribution < -0.4 is 5.56 Å². The maximum atomic E-state index is 12.8. The summed E-state index contributed by atoms with van der Waals surface area (Å²) in [6, 6.07) is 8.96. The largest absolute Gasteiger partial charge is 0.478 e. The van der Waals surface area contributed by atoms with E-state index in [0.29, 0.717) is 17.8 Å². The lowest BCUT2D eigenvalue weighted by molar-refractivity contribution is 0.0694. The highest BCUT2D eigenvalue weighted by Crippen LogP contribution is 2.23. The Morgan fingerprint density at radius 1 is 1.28 bits per heavy atom. The van der Waals surface area contributed by atoms with Gasteiger partial charge in [0.15, 0.2) is 0 Å². The molecule has 1 saturated heterocycles. The van der Waals surface area contributed by atoms with Crippen molar-refractivity contribution in [3.63, 3.8) is 0 Å². The molecular weight excluding hydrogens is 322 g/mol.